The van der Waals surface area contributed by atoms with Crippen molar-refractivity contribution in [2.75, 3.05) is 32.1 Å². The molecular weight excluding hydrogens is 347 g/mol. The van der Waals surface area contributed by atoms with E-state index in [0.717, 1.165) is 44.6 Å². The Hall–Kier alpha value is -2.25. The zero-order chi connectivity index (χ0) is 18.7. The second kappa shape index (κ2) is 7.78. The van der Waals surface area contributed by atoms with E-state index in [1.165, 1.54) is 18.0 Å². The van der Waals surface area contributed by atoms with E-state index >= 15 is 0 Å². The smallest absolute Gasteiger partial charge is 0.223 e. The van der Waals surface area contributed by atoms with E-state index in [9.17, 15) is 4.39 Å². The highest BCUT2D eigenvalue weighted by Gasteiger charge is 2.43. The molecule has 144 valence electrons. The molecule has 2 aliphatic heterocycles. The summed E-state index contributed by atoms with van der Waals surface area (Å²) in [6, 6.07) is 8.39. The average Bonchev–Trinajstić information content (AvgIpc) is 3.06. The van der Waals surface area contributed by atoms with E-state index in [-0.39, 0.29) is 11.6 Å². The molecule has 0 amide bonds. The lowest BCUT2D eigenvalue weighted by Crippen LogP contribution is -2.47. The molecule has 3 heterocycles. The van der Waals surface area contributed by atoms with Gasteiger partial charge in [-0.05, 0) is 37.1 Å². The highest BCUT2D eigenvalue weighted by atomic mass is 19.1. The van der Waals surface area contributed by atoms with Crippen LogP contribution in [0.25, 0.3) is 0 Å². The molecule has 2 aliphatic rings. The Kier molecular flexibility index (Phi) is 5.22. The summed E-state index contributed by atoms with van der Waals surface area (Å²) in [4.78, 5) is 10.4. The molecule has 1 aromatic heterocycles. The van der Waals surface area contributed by atoms with Crippen molar-refractivity contribution < 1.29 is 13.9 Å². The standard InChI is InChI=1S/C20H25FN4O2/c1-26-18-5-3-15(4-6-18)12-25-8-2-7-20(14-25)9-17(13-27-20)24-19-22-10-16(21)11-23-19/h3-6,10-11,17H,2,7-9,12-14H2,1H3,(H,22,23,24)/t17-,20-/m1/s1. The fraction of sp³-hybridized carbons (Fsp3) is 0.500. The predicted octanol–water partition coefficient (Wildman–Crippen LogP) is 2.86. The zero-order valence-electron chi connectivity index (χ0n) is 15.5. The van der Waals surface area contributed by atoms with E-state index in [0.29, 0.717) is 12.6 Å². The number of rotatable bonds is 5. The zero-order valence-corrected chi connectivity index (χ0v) is 15.5. The summed E-state index contributed by atoms with van der Waals surface area (Å²) >= 11 is 0. The molecule has 1 N–H and O–H groups in total. The molecule has 4 rings (SSSR count). The van der Waals surface area contributed by atoms with Gasteiger partial charge in [-0.25, -0.2) is 14.4 Å². The fourth-order valence-electron chi connectivity index (χ4n) is 4.11. The SMILES string of the molecule is COc1ccc(CN2CCC[C@@]3(C[C@@H](Nc4ncc(F)cn4)CO3)C2)cc1. The first kappa shape index (κ1) is 18.1. The summed E-state index contributed by atoms with van der Waals surface area (Å²) in [6.45, 7) is 3.53. The molecule has 2 fully saturated rings. The van der Waals surface area contributed by atoms with Crippen LogP contribution in [0.15, 0.2) is 36.7 Å². The average molecular weight is 372 g/mol. The van der Waals surface area contributed by atoms with E-state index < -0.39 is 5.82 Å². The van der Waals surface area contributed by atoms with Gasteiger partial charge in [0, 0.05) is 19.5 Å². The Morgan fingerprint density at radius 3 is 2.81 bits per heavy atom. The van der Waals surface area contributed by atoms with Crippen molar-refractivity contribution in [3.05, 3.63) is 48.0 Å². The van der Waals surface area contributed by atoms with Gasteiger partial charge in [0.05, 0.1) is 37.8 Å². The molecule has 1 spiro atoms. The van der Waals surface area contributed by atoms with Crippen LogP contribution in [0.4, 0.5) is 10.3 Å². The molecule has 2 saturated heterocycles. The van der Waals surface area contributed by atoms with Gasteiger partial charge in [-0.15, -0.1) is 0 Å². The summed E-state index contributed by atoms with van der Waals surface area (Å²) in [6.07, 6.45) is 5.45. The third-order valence-corrected chi connectivity index (χ3v) is 5.35. The molecule has 6 nitrogen and oxygen atoms in total. The second-order valence-corrected chi connectivity index (χ2v) is 7.43. The highest BCUT2D eigenvalue weighted by Crippen LogP contribution is 2.36. The number of methoxy groups -OCH3 is 1. The molecule has 27 heavy (non-hydrogen) atoms. The summed E-state index contributed by atoms with van der Waals surface area (Å²) < 4.78 is 24.4. The van der Waals surface area contributed by atoms with Crippen molar-refractivity contribution in [1.29, 1.82) is 0 Å². The van der Waals surface area contributed by atoms with Crippen LogP contribution in [-0.2, 0) is 11.3 Å². The van der Waals surface area contributed by atoms with Crippen LogP contribution in [0.2, 0.25) is 0 Å². The van der Waals surface area contributed by atoms with Crippen LogP contribution in [0.5, 0.6) is 5.75 Å². The summed E-state index contributed by atoms with van der Waals surface area (Å²) in [7, 11) is 1.68. The maximum atomic E-state index is 13.0. The molecule has 1 aromatic carbocycles. The number of likely N-dealkylation sites (tertiary alicyclic amines) is 1. The maximum absolute atomic E-state index is 13.0. The predicted molar refractivity (Wildman–Crippen MR) is 100 cm³/mol. The fourth-order valence-corrected chi connectivity index (χ4v) is 4.11. The van der Waals surface area contributed by atoms with Gasteiger partial charge >= 0.3 is 0 Å². The minimum atomic E-state index is -0.429. The molecular formula is C20H25FN4O2. The molecule has 0 radical (unpaired) electrons. The van der Waals surface area contributed by atoms with Crippen molar-refractivity contribution in [3.8, 4) is 5.75 Å². The largest absolute Gasteiger partial charge is 0.497 e. The van der Waals surface area contributed by atoms with Gasteiger partial charge in [-0.2, -0.15) is 0 Å². The van der Waals surface area contributed by atoms with Crippen LogP contribution < -0.4 is 10.1 Å². The number of halogens is 1. The molecule has 0 aliphatic carbocycles. The quantitative estimate of drug-likeness (QED) is 0.871. The number of hydrogen-bond donors (Lipinski definition) is 1. The third-order valence-electron chi connectivity index (χ3n) is 5.35. The molecule has 0 bridgehead atoms. The van der Waals surface area contributed by atoms with Crippen LogP contribution in [0.1, 0.15) is 24.8 Å². The summed E-state index contributed by atoms with van der Waals surface area (Å²) in [5.41, 5.74) is 1.16. The lowest BCUT2D eigenvalue weighted by atomic mass is 9.88. The molecule has 7 heteroatoms. The van der Waals surface area contributed by atoms with Gasteiger partial charge in [0.2, 0.25) is 5.95 Å². The minimum Gasteiger partial charge on any atom is -0.497 e. The van der Waals surface area contributed by atoms with Gasteiger partial charge in [-0.1, -0.05) is 12.1 Å². The lowest BCUT2D eigenvalue weighted by Gasteiger charge is -2.39. The molecule has 0 saturated carbocycles. The van der Waals surface area contributed by atoms with Gasteiger partial charge in [-0.3, -0.25) is 4.90 Å². The first-order chi connectivity index (χ1) is 13.1. The van der Waals surface area contributed by atoms with Crippen LogP contribution in [-0.4, -0.2) is 53.3 Å². The van der Waals surface area contributed by atoms with Gasteiger partial charge in [0.15, 0.2) is 5.82 Å². The van der Waals surface area contributed by atoms with E-state index in [4.69, 9.17) is 9.47 Å². The van der Waals surface area contributed by atoms with Crippen molar-refractivity contribution in [2.24, 2.45) is 0 Å². The monoisotopic (exact) mass is 372 g/mol. The summed E-state index contributed by atoms with van der Waals surface area (Å²) in [5.74, 6) is 0.902. The maximum Gasteiger partial charge on any atom is 0.223 e. The molecule has 2 atom stereocenters. The Balaban J connectivity index is 1.35. The Labute approximate surface area is 158 Å². The van der Waals surface area contributed by atoms with Crippen molar-refractivity contribution >= 4 is 5.95 Å². The highest BCUT2D eigenvalue weighted by molar-refractivity contribution is 5.28. The van der Waals surface area contributed by atoms with Gasteiger partial charge < -0.3 is 14.8 Å². The van der Waals surface area contributed by atoms with E-state index in [1.807, 2.05) is 12.1 Å². The molecule has 2 aromatic rings. The Morgan fingerprint density at radius 2 is 2.07 bits per heavy atom. The van der Waals surface area contributed by atoms with E-state index in [2.05, 4.69) is 32.3 Å². The number of nitrogens with zero attached hydrogens (tertiary/aromatic N) is 3. The number of benzene rings is 1. The number of ether oxygens (including phenoxy) is 2. The van der Waals surface area contributed by atoms with Crippen LogP contribution in [0.3, 0.4) is 0 Å². The van der Waals surface area contributed by atoms with Crippen LogP contribution >= 0.6 is 0 Å². The Bertz CT molecular complexity index is 756. The number of hydrogen-bond acceptors (Lipinski definition) is 6. The normalized spacial score (nSPS) is 25.6. The van der Waals surface area contributed by atoms with Crippen molar-refractivity contribution in [2.45, 2.75) is 37.5 Å². The van der Waals surface area contributed by atoms with E-state index in [1.54, 1.807) is 7.11 Å². The van der Waals surface area contributed by atoms with Gasteiger partial charge in [0.25, 0.3) is 0 Å². The third kappa shape index (κ3) is 4.36. The first-order valence-corrected chi connectivity index (χ1v) is 9.37. The van der Waals surface area contributed by atoms with Crippen LogP contribution in [0, 0.1) is 5.82 Å². The van der Waals surface area contributed by atoms with Crippen molar-refractivity contribution in [1.82, 2.24) is 14.9 Å². The van der Waals surface area contributed by atoms with Crippen molar-refractivity contribution in [3.63, 3.8) is 0 Å². The Morgan fingerprint density at radius 1 is 1.30 bits per heavy atom. The number of anilines is 1. The lowest BCUT2D eigenvalue weighted by molar-refractivity contribution is -0.0533. The number of aromatic nitrogens is 2. The first-order valence-electron chi connectivity index (χ1n) is 9.37. The number of piperidine rings is 1. The topological polar surface area (TPSA) is 59.5 Å². The minimum absolute atomic E-state index is 0.123. The van der Waals surface area contributed by atoms with Gasteiger partial charge in [0.1, 0.15) is 5.75 Å². The second-order valence-electron chi connectivity index (χ2n) is 7.43. The number of nitrogens with one attached hydrogen (secondary N) is 1. The molecule has 0 unspecified atom stereocenters. The summed E-state index contributed by atoms with van der Waals surface area (Å²) in [5, 5.41) is 3.27.